The number of nitrogens with zero attached hydrogens (tertiary/aromatic N) is 1. The molecule has 2 nitrogen and oxygen atoms in total. The van der Waals surface area contributed by atoms with Crippen LogP contribution in [0.15, 0.2) is 30.5 Å². The number of fused-ring (bicyclic) bond motifs is 1. The van der Waals surface area contributed by atoms with Crippen LogP contribution in [0.4, 0.5) is 0 Å². The summed E-state index contributed by atoms with van der Waals surface area (Å²) >= 11 is 0. The van der Waals surface area contributed by atoms with Crippen LogP contribution in [-0.2, 0) is 6.54 Å². The minimum absolute atomic E-state index is 0.631. The Morgan fingerprint density at radius 3 is 2.75 bits per heavy atom. The predicted molar refractivity (Wildman–Crippen MR) is 67.3 cm³/mol. The monoisotopic (exact) mass is 214 g/mol. The molecule has 1 saturated carbocycles. The lowest BCUT2D eigenvalue weighted by atomic mass is 10.1. The Morgan fingerprint density at radius 2 is 2.00 bits per heavy atom. The van der Waals surface area contributed by atoms with Crippen LogP contribution in [0.5, 0.6) is 0 Å². The SMILES string of the molecule is NCc1ccc2ccn(C3CCCC3)c2c1. The van der Waals surface area contributed by atoms with Crippen molar-refractivity contribution in [3.63, 3.8) is 0 Å². The van der Waals surface area contributed by atoms with Gasteiger partial charge in [0.2, 0.25) is 0 Å². The van der Waals surface area contributed by atoms with Gasteiger partial charge in [-0.3, -0.25) is 0 Å². The molecule has 84 valence electrons. The molecule has 16 heavy (non-hydrogen) atoms. The average Bonchev–Trinajstić information content (AvgIpc) is 2.96. The first kappa shape index (κ1) is 9.91. The molecule has 1 fully saturated rings. The molecule has 0 radical (unpaired) electrons. The predicted octanol–water partition coefficient (Wildman–Crippen LogP) is 3.22. The molecular weight excluding hydrogens is 196 g/mol. The van der Waals surface area contributed by atoms with E-state index in [2.05, 4.69) is 35.0 Å². The van der Waals surface area contributed by atoms with E-state index in [1.54, 1.807) is 0 Å². The smallest absolute Gasteiger partial charge is 0.0486 e. The highest BCUT2D eigenvalue weighted by Gasteiger charge is 2.17. The average molecular weight is 214 g/mol. The number of aromatic nitrogens is 1. The summed E-state index contributed by atoms with van der Waals surface area (Å²) in [5.74, 6) is 0. The quantitative estimate of drug-likeness (QED) is 0.817. The lowest BCUT2D eigenvalue weighted by Gasteiger charge is -2.13. The van der Waals surface area contributed by atoms with E-state index >= 15 is 0 Å². The van der Waals surface area contributed by atoms with Crippen molar-refractivity contribution in [2.75, 3.05) is 0 Å². The van der Waals surface area contributed by atoms with Gasteiger partial charge in [-0.15, -0.1) is 0 Å². The number of nitrogens with two attached hydrogens (primary N) is 1. The van der Waals surface area contributed by atoms with Gasteiger partial charge in [0.15, 0.2) is 0 Å². The van der Waals surface area contributed by atoms with E-state index in [1.165, 1.54) is 42.1 Å². The van der Waals surface area contributed by atoms with Crippen LogP contribution >= 0.6 is 0 Å². The van der Waals surface area contributed by atoms with Crippen molar-refractivity contribution in [1.82, 2.24) is 4.57 Å². The topological polar surface area (TPSA) is 30.9 Å². The second-order valence-electron chi connectivity index (χ2n) is 4.76. The van der Waals surface area contributed by atoms with Gasteiger partial charge in [-0.25, -0.2) is 0 Å². The second-order valence-corrected chi connectivity index (χ2v) is 4.76. The summed E-state index contributed by atoms with van der Waals surface area (Å²) in [5.41, 5.74) is 8.29. The molecule has 0 spiro atoms. The van der Waals surface area contributed by atoms with Gasteiger partial charge in [-0.1, -0.05) is 25.0 Å². The zero-order valence-electron chi connectivity index (χ0n) is 9.52. The Morgan fingerprint density at radius 1 is 1.19 bits per heavy atom. The Bertz CT molecular complexity index is 492. The first-order valence-electron chi connectivity index (χ1n) is 6.18. The van der Waals surface area contributed by atoms with Gasteiger partial charge in [0.1, 0.15) is 0 Å². The molecule has 1 aromatic heterocycles. The summed E-state index contributed by atoms with van der Waals surface area (Å²) in [6, 6.07) is 9.48. The van der Waals surface area contributed by atoms with Gasteiger partial charge < -0.3 is 10.3 Å². The number of hydrogen-bond donors (Lipinski definition) is 1. The highest BCUT2D eigenvalue weighted by Crippen LogP contribution is 2.32. The lowest BCUT2D eigenvalue weighted by molar-refractivity contribution is 0.535. The van der Waals surface area contributed by atoms with E-state index in [1.807, 2.05) is 0 Å². The maximum atomic E-state index is 5.70. The standard InChI is InChI=1S/C14H18N2/c15-10-11-5-6-12-7-8-16(14(12)9-11)13-3-1-2-4-13/h5-9,13H,1-4,10,15H2. The number of benzene rings is 1. The third-order valence-corrected chi connectivity index (χ3v) is 3.74. The van der Waals surface area contributed by atoms with Gasteiger partial charge in [0.25, 0.3) is 0 Å². The summed E-state index contributed by atoms with van der Waals surface area (Å²) in [7, 11) is 0. The second kappa shape index (κ2) is 3.95. The fourth-order valence-electron chi connectivity index (χ4n) is 2.82. The maximum absolute atomic E-state index is 5.70. The Labute approximate surface area is 96.1 Å². The van der Waals surface area contributed by atoms with Crippen molar-refractivity contribution in [2.24, 2.45) is 5.73 Å². The molecule has 1 aliphatic carbocycles. The van der Waals surface area contributed by atoms with E-state index in [0.29, 0.717) is 12.6 Å². The van der Waals surface area contributed by atoms with Crippen LogP contribution in [0.1, 0.15) is 37.3 Å². The molecule has 0 atom stereocenters. The molecule has 0 amide bonds. The van der Waals surface area contributed by atoms with Crippen molar-refractivity contribution < 1.29 is 0 Å². The molecular formula is C14H18N2. The molecule has 2 aromatic rings. The van der Waals surface area contributed by atoms with Crippen molar-refractivity contribution in [3.05, 3.63) is 36.0 Å². The van der Waals surface area contributed by atoms with E-state index in [4.69, 9.17) is 5.73 Å². The summed E-state index contributed by atoms with van der Waals surface area (Å²) in [6.07, 6.45) is 7.65. The number of rotatable bonds is 2. The number of hydrogen-bond acceptors (Lipinski definition) is 1. The van der Waals surface area contributed by atoms with E-state index in [0.717, 1.165) is 0 Å². The minimum atomic E-state index is 0.631. The Kier molecular flexibility index (Phi) is 2.44. The van der Waals surface area contributed by atoms with E-state index in [9.17, 15) is 0 Å². The van der Waals surface area contributed by atoms with Crippen LogP contribution < -0.4 is 5.73 Å². The van der Waals surface area contributed by atoms with Crippen molar-refractivity contribution >= 4 is 10.9 Å². The minimum Gasteiger partial charge on any atom is -0.344 e. The van der Waals surface area contributed by atoms with Gasteiger partial charge in [0, 0.05) is 24.3 Å². The van der Waals surface area contributed by atoms with Crippen LogP contribution in [0.2, 0.25) is 0 Å². The molecule has 0 saturated heterocycles. The van der Waals surface area contributed by atoms with Crippen LogP contribution in [-0.4, -0.2) is 4.57 Å². The molecule has 0 bridgehead atoms. The van der Waals surface area contributed by atoms with E-state index in [-0.39, 0.29) is 0 Å². The lowest BCUT2D eigenvalue weighted by Crippen LogP contribution is -2.03. The van der Waals surface area contributed by atoms with Gasteiger partial charge in [0.05, 0.1) is 0 Å². The zero-order chi connectivity index (χ0) is 11.0. The normalized spacial score (nSPS) is 17.3. The molecule has 0 unspecified atom stereocenters. The zero-order valence-corrected chi connectivity index (χ0v) is 9.52. The third kappa shape index (κ3) is 1.54. The van der Waals surface area contributed by atoms with Crippen molar-refractivity contribution in [2.45, 2.75) is 38.3 Å². The van der Waals surface area contributed by atoms with Crippen molar-refractivity contribution in [3.8, 4) is 0 Å². The van der Waals surface area contributed by atoms with E-state index < -0.39 is 0 Å². The highest BCUT2D eigenvalue weighted by molar-refractivity contribution is 5.81. The third-order valence-electron chi connectivity index (χ3n) is 3.74. The summed E-state index contributed by atoms with van der Waals surface area (Å²) in [5, 5.41) is 1.34. The summed E-state index contributed by atoms with van der Waals surface area (Å²) in [4.78, 5) is 0. The van der Waals surface area contributed by atoms with Crippen molar-refractivity contribution in [1.29, 1.82) is 0 Å². The molecule has 0 aliphatic heterocycles. The molecule has 3 rings (SSSR count). The molecule has 1 aromatic carbocycles. The Hall–Kier alpha value is -1.28. The molecule has 1 aliphatic rings. The summed E-state index contributed by atoms with van der Waals surface area (Å²) in [6.45, 7) is 0.631. The largest absolute Gasteiger partial charge is 0.344 e. The molecule has 2 heteroatoms. The van der Waals surface area contributed by atoms with Crippen LogP contribution in [0.3, 0.4) is 0 Å². The van der Waals surface area contributed by atoms with Gasteiger partial charge in [-0.2, -0.15) is 0 Å². The van der Waals surface area contributed by atoms with Gasteiger partial charge >= 0.3 is 0 Å². The van der Waals surface area contributed by atoms with Crippen LogP contribution in [0.25, 0.3) is 10.9 Å². The van der Waals surface area contributed by atoms with Crippen LogP contribution in [0, 0.1) is 0 Å². The molecule has 1 heterocycles. The summed E-state index contributed by atoms with van der Waals surface area (Å²) < 4.78 is 2.45. The first-order valence-corrected chi connectivity index (χ1v) is 6.18. The fraction of sp³-hybridized carbons (Fsp3) is 0.429. The molecule has 2 N–H and O–H groups in total. The highest BCUT2D eigenvalue weighted by atomic mass is 15.0. The van der Waals surface area contributed by atoms with Gasteiger partial charge in [-0.05, 0) is 35.9 Å². The maximum Gasteiger partial charge on any atom is 0.0486 e. The Balaban J connectivity index is 2.09. The first-order chi connectivity index (χ1) is 7.88. The fourth-order valence-corrected chi connectivity index (χ4v) is 2.82.